The number of sulfonamides is 1. The Labute approximate surface area is 126 Å². The molecule has 21 heavy (non-hydrogen) atoms. The van der Waals surface area contributed by atoms with E-state index in [4.69, 9.17) is 9.47 Å². The smallest absolute Gasteiger partial charge is 0.310 e. The Hall–Kier alpha value is -0.700. The van der Waals surface area contributed by atoms with Crippen molar-refractivity contribution in [1.29, 1.82) is 0 Å². The van der Waals surface area contributed by atoms with E-state index in [1.54, 1.807) is 0 Å². The lowest BCUT2D eigenvalue weighted by atomic mass is 10.0. The molecule has 7 nitrogen and oxygen atoms in total. The zero-order valence-electron chi connectivity index (χ0n) is 12.8. The fourth-order valence-electron chi connectivity index (χ4n) is 2.30. The SMILES string of the molecule is CCCN(C1COCC1C(=O)O)S(=O)(=O)CCOC(C)C. The summed E-state index contributed by atoms with van der Waals surface area (Å²) in [6, 6.07) is -0.633. The monoisotopic (exact) mass is 323 g/mol. The maximum Gasteiger partial charge on any atom is 0.310 e. The number of carbonyl (C=O) groups is 1. The summed E-state index contributed by atoms with van der Waals surface area (Å²) in [4.78, 5) is 11.2. The largest absolute Gasteiger partial charge is 0.481 e. The van der Waals surface area contributed by atoms with E-state index in [2.05, 4.69) is 0 Å². The van der Waals surface area contributed by atoms with Crippen molar-refractivity contribution in [3.63, 3.8) is 0 Å². The van der Waals surface area contributed by atoms with Crippen LogP contribution in [-0.2, 0) is 24.3 Å². The van der Waals surface area contributed by atoms with Gasteiger partial charge in [0.1, 0.15) is 0 Å². The van der Waals surface area contributed by atoms with E-state index >= 15 is 0 Å². The number of rotatable bonds is 9. The summed E-state index contributed by atoms with van der Waals surface area (Å²) in [7, 11) is -3.57. The van der Waals surface area contributed by atoms with Crippen LogP contribution in [0.3, 0.4) is 0 Å². The van der Waals surface area contributed by atoms with Crippen LogP contribution in [-0.4, -0.2) is 68.1 Å². The minimum atomic E-state index is -3.57. The maximum atomic E-state index is 12.5. The number of carboxylic acids is 1. The first kappa shape index (κ1) is 18.3. The topological polar surface area (TPSA) is 93.1 Å². The Kier molecular flexibility index (Phi) is 7.05. The van der Waals surface area contributed by atoms with Gasteiger partial charge in [0.25, 0.3) is 0 Å². The molecule has 1 fully saturated rings. The van der Waals surface area contributed by atoms with Crippen LogP contribution in [0.1, 0.15) is 27.2 Å². The summed E-state index contributed by atoms with van der Waals surface area (Å²) in [6.07, 6.45) is 0.578. The highest BCUT2D eigenvalue weighted by Gasteiger charge is 2.42. The molecular formula is C13H25NO6S. The molecule has 1 saturated heterocycles. The molecule has 1 heterocycles. The van der Waals surface area contributed by atoms with Crippen LogP contribution in [0.15, 0.2) is 0 Å². The van der Waals surface area contributed by atoms with Crippen molar-refractivity contribution < 1.29 is 27.8 Å². The number of carboxylic acid groups (broad SMARTS) is 1. The van der Waals surface area contributed by atoms with Gasteiger partial charge in [-0.2, -0.15) is 4.31 Å². The third-order valence-corrected chi connectivity index (χ3v) is 5.18. The number of nitrogens with zero attached hydrogens (tertiary/aromatic N) is 1. The predicted octanol–water partition coefficient (Wildman–Crippen LogP) is 0.553. The van der Waals surface area contributed by atoms with Gasteiger partial charge in [-0.3, -0.25) is 4.79 Å². The van der Waals surface area contributed by atoms with Gasteiger partial charge in [-0.1, -0.05) is 6.92 Å². The Morgan fingerprint density at radius 3 is 2.62 bits per heavy atom. The molecule has 1 rings (SSSR count). The molecule has 0 saturated carbocycles. The van der Waals surface area contributed by atoms with E-state index in [0.29, 0.717) is 13.0 Å². The third-order valence-electron chi connectivity index (χ3n) is 3.33. The molecule has 0 aliphatic carbocycles. The van der Waals surface area contributed by atoms with Crippen LogP contribution in [0.2, 0.25) is 0 Å². The lowest BCUT2D eigenvalue weighted by Gasteiger charge is -2.29. The van der Waals surface area contributed by atoms with E-state index in [-0.39, 0.29) is 31.7 Å². The minimum absolute atomic E-state index is 0.0404. The van der Waals surface area contributed by atoms with E-state index in [1.165, 1.54) is 4.31 Å². The summed E-state index contributed by atoms with van der Waals surface area (Å²) in [5.41, 5.74) is 0. The predicted molar refractivity (Wildman–Crippen MR) is 77.6 cm³/mol. The van der Waals surface area contributed by atoms with E-state index < -0.39 is 28.0 Å². The number of hydrogen-bond donors (Lipinski definition) is 1. The lowest BCUT2D eigenvalue weighted by molar-refractivity contribution is -0.142. The lowest BCUT2D eigenvalue weighted by Crippen LogP contribution is -2.48. The van der Waals surface area contributed by atoms with Crippen molar-refractivity contribution in [3.05, 3.63) is 0 Å². The van der Waals surface area contributed by atoms with Gasteiger partial charge in [-0.25, -0.2) is 8.42 Å². The highest BCUT2D eigenvalue weighted by atomic mass is 32.2. The second kappa shape index (κ2) is 8.07. The van der Waals surface area contributed by atoms with Crippen LogP contribution in [0.25, 0.3) is 0 Å². The molecule has 0 aromatic carbocycles. The van der Waals surface area contributed by atoms with Gasteiger partial charge in [0, 0.05) is 6.54 Å². The van der Waals surface area contributed by atoms with Gasteiger partial charge in [0.15, 0.2) is 0 Å². The first-order chi connectivity index (χ1) is 9.79. The summed E-state index contributed by atoms with van der Waals surface area (Å²) in [6.45, 7) is 6.11. The number of hydrogen-bond acceptors (Lipinski definition) is 5. The van der Waals surface area contributed by atoms with Crippen LogP contribution in [0.4, 0.5) is 0 Å². The van der Waals surface area contributed by atoms with Gasteiger partial charge < -0.3 is 14.6 Å². The van der Waals surface area contributed by atoms with Crippen molar-refractivity contribution in [2.24, 2.45) is 5.92 Å². The zero-order valence-corrected chi connectivity index (χ0v) is 13.6. The average Bonchev–Trinajstić information content (AvgIpc) is 2.83. The highest BCUT2D eigenvalue weighted by molar-refractivity contribution is 7.89. The molecule has 124 valence electrons. The first-order valence-corrected chi connectivity index (χ1v) is 8.82. The zero-order chi connectivity index (χ0) is 16.0. The molecule has 2 atom stereocenters. The van der Waals surface area contributed by atoms with Crippen molar-refractivity contribution in [2.45, 2.75) is 39.3 Å². The van der Waals surface area contributed by atoms with Gasteiger partial charge in [-0.15, -0.1) is 0 Å². The van der Waals surface area contributed by atoms with Crippen molar-refractivity contribution >= 4 is 16.0 Å². The maximum absolute atomic E-state index is 12.5. The fraction of sp³-hybridized carbons (Fsp3) is 0.923. The van der Waals surface area contributed by atoms with Gasteiger partial charge in [0.2, 0.25) is 10.0 Å². The van der Waals surface area contributed by atoms with Crippen molar-refractivity contribution in [1.82, 2.24) is 4.31 Å². The van der Waals surface area contributed by atoms with E-state index in [0.717, 1.165) is 0 Å². The second-order valence-corrected chi connectivity index (χ2v) is 7.44. The van der Waals surface area contributed by atoms with E-state index in [1.807, 2.05) is 20.8 Å². The first-order valence-electron chi connectivity index (χ1n) is 7.21. The number of aliphatic carboxylic acids is 1. The average molecular weight is 323 g/mol. The molecule has 0 amide bonds. The Morgan fingerprint density at radius 1 is 1.43 bits per heavy atom. The summed E-state index contributed by atoms with van der Waals surface area (Å²) >= 11 is 0. The van der Waals surface area contributed by atoms with Crippen molar-refractivity contribution in [3.8, 4) is 0 Å². The van der Waals surface area contributed by atoms with Gasteiger partial charge in [0.05, 0.1) is 43.6 Å². The Balaban J connectivity index is 2.81. The summed E-state index contributed by atoms with van der Waals surface area (Å²) in [5.74, 6) is -1.97. The highest BCUT2D eigenvalue weighted by Crippen LogP contribution is 2.23. The molecule has 1 aliphatic rings. The second-order valence-electron chi connectivity index (χ2n) is 5.40. The Bertz CT molecular complexity index is 436. The molecule has 2 unspecified atom stereocenters. The molecular weight excluding hydrogens is 298 g/mol. The standard InChI is InChI=1S/C13H25NO6S/c1-4-5-14(12-9-19-8-11(12)13(15)16)21(17,18)7-6-20-10(2)3/h10-12H,4-9H2,1-3H3,(H,15,16). The fourth-order valence-corrected chi connectivity index (χ4v) is 3.92. The molecule has 1 aliphatic heterocycles. The molecule has 1 N–H and O–H groups in total. The van der Waals surface area contributed by atoms with E-state index in [9.17, 15) is 18.3 Å². The molecule has 0 bridgehead atoms. The Morgan fingerprint density at radius 2 is 2.10 bits per heavy atom. The molecule has 0 aromatic rings. The van der Waals surface area contributed by atoms with Crippen molar-refractivity contribution in [2.75, 3.05) is 32.1 Å². The molecule has 8 heteroatoms. The molecule has 0 spiro atoms. The molecule has 0 radical (unpaired) electrons. The molecule has 0 aromatic heterocycles. The van der Waals surface area contributed by atoms with Crippen LogP contribution in [0.5, 0.6) is 0 Å². The number of ether oxygens (including phenoxy) is 2. The van der Waals surface area contributed by atoms with Crippen LogP contribution < -0.4 is 0 Å². The van der Waals surface area contributed by atoms with Crippen LogP contribution >= 0.6 is 0 Å². The van der Waals surface area contributed by atoms with Crippen LogP contribution in [0, 0.1) is 5.92 Å². The normalized spacial score (nSPS) is 23.1. The van der Waals surface area contributed by atoms with Gasteiger partial charge >= 0.3 is 5.97 Å². The third kappa shape index (κ3) is 5.21. The summed E-state index contributed by atoms with van der Waals surface area (Å²) in [5, 5.41) is 9.19. The summed E-state index contributed by atoms with van der Waals surface area (Å²) < 4.78 is 36.7. The van der Waals surface area contributed by atoms with Gasteiger partial charge in [-0.05, 0) is 20.3 Å². The quantitative estimate of drug-likeness (QED) is 0.666. The minimum Gasteiger partial charge on any atom is -0.481 e.